The molecule has 0 aliphatic carbocycles. The number of imidazole rings is 1. The molecule has 3 rings (SSSR count). The van der Waals surface area contributed by atoms with Crippen LogP contribution in [-0.2, 0) is 0 Å². The molecule has 4 nitrogen and oxygen atoms in total. The fourth-order valence-corrected chi connectivity index (χ4v) is 2.15. The van der Waals surface area contributed by atoms with Crippen molar-refractivity contribution >= 4 is 5.65 Å². The molecule has 0 N–H and O–H groups in total. The number of para-hydroxylation sites is 1. The number of rotatable bonds is 4. The molecule has 0 aliphatic heterocycles. The summed E-state index contributed by atoms with van der Waals surface area (Å²) in [5.41, 5.74) is 1.65. The van der Waals surface area contributed by atoms with Crippen LogP contribution in [0.3, 0.4) is 0 Å². The van der Waals surface area contributed by atoms with Crippen LogP contribution in [0.4, 0.5) is 8.78 Å². The van der Waals surface area contributed by atoms with E-state index < -0.39 is 6.61 Å². The molecule has 0 unspecified atom stereocenters. The number of aromatic nitrogens is 2. The van der Waals surface area contributed by atoms with Gasteiger partial charge in [-0.2, -0.15) is 8.78 Å². The SMILES string of the molecule is COc1cccn2cc(-c3ccccc3OC(F)F)nc12. The molecule has 21 heavy (non-hydrogen) atoms. The van der Waals surface area contributed by atoms with Gasteiger partial charge in [-0.05, 0) is 24.3 Å². The molecule has 2 aromatic heterocycles. The average molecular weight is 290 g/mol. The van der Waals surface area contributed by atoms with Gasteiger partial charge >= 0.3 is 6.61 Å². The lowest BCUT2D eigenvalue weighted by atomic mass is 10.1. The number of alkyl halides is 2. The van der Waals surface area contributed by atoms with Crippen LogP contribution in [0.25, 0.3) is 16.9 Å². The van der Waals surface area contributed by atoms with E-state index in [0.29, 0.717) is 22.7 Å². The molecule has 1 aromatic carbocycles. The Bertz CT molecular complexity index is 771. The van der Waals surface area contributed by atoms with Gasteiger partial charge in [-0.1, -0.05) is 12.1 Å². The number of hydrogen-bond donors (Lipinski definition) is 0. The number of fused-ring (bicyclic) bond motifs is 1. The van der Waals surface area contributed by atoms with Crippen LogP contribution < -0.4 is 9.47 Å². The molecule has 6 heteroatoms. The minimum absolute atomic E-state index is 0.0925. The van der Waals surface area contributed by atoms with Crippen LogP contribution in [-0.4, -0.2) is 23.1 Å². The maximum Gasteiger partial charge on any atom is 0.387 e. The first-order chi connectivity index (χ1) is 10.2. The third-order valence-electron chi connectivity index (χ3n) is 3.05. The largest absolute Gasteiger partial charge is 0.493 e. The van der Waals surface area contributed by atoms with E-state index in [4.69, 9.17) is 4.74 Å². The lowest BCUT2D eigenvalue weighted by molar-refractivity contribution is -0.0494. The van der Waals surface area contributed by atoms with Crippen molar-refractivity contribution in [1.82, 2.24) is 9.38 Å². The third-order valence-corrected chi connectivity index (χ3v) is 3.05. The molecule has 0 bridgehead atoms. The van der Waals surface area contributed by atoms with Gasteiger partial charge in [-0.25, -0.2) is 4.98 Å². The molecule has 108 valence electrons. The molecule has 0 saturated carbocycles. The summed E-state index contributed by atoms with van der Waals surface area (Å²) >= 11 is 0. The number of benzene rings is 1. The van der Waals surface area contributed by atoms with Crippen molar-refractivity contribution in [2.75, 3.05) is 7.11 Å². The lowest BCUT2D eigenvalue weighted by Gasteiger charge is -2.08. The van der Waals surface area contributed by atoms with E-state index in [1.165, 1.54) is 6.07 Å². The van der Waals surface area contributed by atoms with Gasteiger partial charge in [0.1, 0.15) is 5.75 Å². The summed E-state index contributed by atoms with van der Waals surface area (Å²) in [5, 5.41) is 0. The Morgan fingerprint density at radius 3 is 2.62 bits per heavy atom. The topological polar surface area (TPSA) is 35.8 Å². The molecule has 0 saturated heterocycles. The predicted molar refractivity (Wildman–Crippen MR) is 73.8 cm³/mol. The number of nitrogens with zero attached hydrogens (tertiary/aromatic N) is 2. The monoisotopic (exact) mass is 290 g/mol. The molecule has 3 aromatic rings. The van der Waals surface area contributed by atoms with Crippen LogP contribution in [0.2, 0.25) is 0 Å². The Kier molecular flexibility index (Phi) is 3.43. The minimum atomic E-state index is -2.88. The Hall–Kier alpha value is -2.63. The second-order valence-electron chi connectivity index (χ2n) is 4.31. The molecule has 0 fully saturated rings. The summed E-state index contributed by atoms with van der Waals surface area (Å²) in [4.78, 5) is 4.43. The molecule has 0 amide bonds. The molecule has 2 heterocycles. The van der Waals surface area contributed by atoms with Crippen LogP contribution in [0.15, 0.2) is 48.8 Å². The number of hydrogen-bond acceptors (Lipinski definition) is 3. The second-order valence-corrected chi connectivity index (χ2v) is 4.31. The predicted octanol–water partition coefficient (Wildman–Crippen LogP) is 3.61. The Morgan fingerprint density at radius 1 is 1.10 bits per heavy atom. The van der Waals surface area contributed by atoms with Crippen molar-refractivity contribution in [3.05, 3.63) is 48.8 Å². The zero-order chi connectivity index (χ0) is 14.8. The average Bonchev–Trinajstić information content (AvgIpc) is 2.90. The Labute approximate surface area is 119 Å². The summed E-state index contributed by atoms with van der Waals surface area (Å²) in [6, 6.07) is 10.2. The van der Waals surface area contributed by atoms with Gasteiger partial charge in [-0.15, -0.1) is 0 Å². The van der Waals surface area contributed by atoms with Gasteiger partial charge in [-0.3, -0.25) is 0 Å². The standard InChI is InChI=1S/C15H12F2N2O2/c1-20-13-7-4-8-19-9-11(18-14(13)19)10-5-2-3-6-12(10)21-15(16)17/h2-9,15H,1H3. The van der Waals surface area contributed by atoms with Crippen molar-refractivity contribution < 1.29 is 18.3 Å². The summed E-state index contributed by atoms with van der Waals surface area (Å²) in [5.74, 6) is 0.700. The molecule has 0 radical (unpaired) electrons. The van der Waals surface area contributed by atoms with Crippen molar-refractivity contribution in [3.63, 3.8) is 0 Å². The fraction of sp³-hybridized carbons (Fsp3) is 0.133. The van der Waals surface area contributed by atoms with Crippen molar-refractivity contribution in [2.24, 2.45) is 0 Å². The van der Waals surface area contributed by atoms with E-state index >= 15 is 0 Å². The Balaban J connectivity index is 2.13. The van der Waals surface area contributed by atoms with E-state index in [1.807, 2.05) is 12.3 Å². The summed E-state index contributed by atoms with van der Waals surface area (Å²) in [7, 11) is 1.55. The molecular weight excluding hydrogens is 278 g/mol. The van der Waals surface area contributed by atoms with Gasteiger partial charge in [0, 0.05) is 18.0 Å². The normalized spacial score (nSPS) is 11.0. The number of halogens is 2. The highest BCUT2D eigenvalue weighted by Gasteiger charge is 2.14. The quantitative estimate of drug-likeness (QED) is 0.736. The van der Waals surface area contributed by atoms with Crippen LogP contribution >= 0.6 is 0 Å². The molecule has 0 atom stereocenters. The summed E-state index contributed by atoms with van der Waals surface area (Å²) in [6.07, 6.45) is 3.55. The van der Waals surface area contributed by atoms with Crippen LogP contribution in [0.5, 0.6) is 11.5 Å². The van der Waals surface area contributed by atoms with Crippen LogP contribution in [0, 0.1) is 0 Å². The van der Waals surface area contributed by atoms with Gasteiger partial charge in [0.15, 0.2) is 11.4 Å². The highest BCUT2D eigenvalue weighted by Crippen LogP contribution is 2.31. The fourth-order valence-electron chi connectivity index (χ4n) is 2.15. The Morgan fingerprint density at radius 2 is 1.86 bits per heavy atom. The van der Waals surface area contributed by atoms with E-state index in [0.717, 1.165) is 0 Å². The summed E-state index contributed by atoms with van der Waals surface area (Å²) < 4.78 is 36.5. The lowest BCUT2D eigenvalue weighted by Crippen LogP contribution is -2.03. The molecule has 0 spiro atoms. The number of pyridine rings is 1. The van der Waals surface area contributed by atoms with Crippen molar-refractivity contribution in [3.8, 4) is 22.8 Å². The maximum absolute atomic E-state index is 12.5. The van der Waals surface area contributed by atoms with Gasteiger partial charge in [0.25, 0.3) is 0 Å². The molecular formula is C15H12F2N2O2. The van der Waals surface area contributed by atoms with Crippen LogP contribution in [0.1, 0.15) is 0 Å². The highest BCUT2D eigenvalue weighted by atomic mass is 19.3. The molecule has 0 aliphatic rings. The first-order valence-corrected chi connectivity index (χ1v) is 6.25. The first kappa shape index (κ1) is 13.4. The number of methoxy groups -OCH3 is 1. The zero-order valence-corrected chi connectivity index (χ0v) is 11.2. The smallest absolute Gasteiger partial charge is 0.387 e. The maximum atomic E-state index is 12.5. The zero-order valence-electron chi connectivity index (χ0n) is 11.2. The second kappa shape index (κ2) is 5.40. The van der Waals surface area contributed by atoms with Crippen molar-refractivity contribution in [1.29, 1.82) is 0 Å². The van der Waals surface area contributed by atoms with E-state index in [1.54, 1.807) is 42.0 Å². The minimum Gasteiger partial charge on any atom is -0.493 e. The van der Waals surface area contributed by atoms with Gasteiger partial charge < -0.3 is 13.9 Å². The number of ether oxygens (including phenoxy) is 2. The first-order valence-electron chi connectivity index (χ1n) is 6.25. The van der Waals surface area contributed by atoms with E-state index in [2.05, 4.69) is 9.72 Å². The third kappa shape index (κ3) is 2.52. The van der Waals surface area contributed by atoms with Gasteiger partial charge in [0.05, 0.1) is 12.8 Å². The summed E-state index contributed by atoms with van der Waals surface area (Å²) in [6.45, 7) is -2.88. The van der Waals surface area contributed by atoms with Crippen molar-refractivity contribution in [2.45, 2.75) is 6.61 Å². The highest BCUT2D eigenvalue weighted by molar-refractivity contribution is 5.70. The van der Waals surface area contributed by atoms with Gasteiger partial charge in [0.2, 0.25) is 0 Å². The van der Waals surface area contributed by atoms with E-state index in [-0.39, 0.29) is 5.75 Å². The van der Waals surface area contributed by atoms with E-state index in [9.17, 15) is 8.78 Å².